The van der Waals surface area contributed by atoms with Crippen molar-refractivity contribution >= 4 is 23.2 Å². The zero-order chi connectivity index (χ0) is 13.6. The van der Waals surface area contributed by atoms with Crippen LogP contribution >= 0.6 is 23.2 Å². The molecule has 0 unspecified atom stereocenters. The van der Waals surface area contributed by atoms with Gasteiger partial charge < -0.3 is 10.1 Å². The number of halogens is 2. The third-order valence-electron chi connectivity index (χ3n) is 2.52. The van der Waals surface area contributed by atoms with Crippen LogP contribution in [0.25, 0.3) is 0 Å². The van der Waals surface area contributed by atoms with Crippen molar-refractivity contribution in [1.82, 2.24) is 0 Å². The van der Waals surface area contributed by atoms with Gasteiger partial charge in [-0.15, -0.1) is 0 Å². The van der Waals surface area contributed by atoms with Crippen molar-refractivity contribution in [3.8, 4) is 5.75 Å². The van der Waals surface area contributed by atoms with Gasteiger partial charge in [-0.3, -0.25) is 0 Å². The molecule has 0 aliphatic rings. The second kappa shape index (κ2) is 7.22. The van der Waals surface area contributed by atoms with E-state index in [9.17, 15) is 0 Å². The van der Waals surface area contributed by atoms with Crippen LogP contribution in [0.1, 0.15) is 33.6 Å². The van der Waals surface area contributed by atoms with E-state index in [0.717, 1.165) is 19.4 Å². The van der Waals surface area contributed by atoms with Gasteiger partial charge in [0.1, 0.15) is 0 Å². The molecule has 1 aromatic rings. The maximum atomic E-state index is 6.01. The van der Waals surface area contributed by atoms with Gasteiger partial charge in [0.25, 0.3) is 0 Å². The van der Waals surface area contributed by atoms with E-state index in [1.165, 1.54) is 0 Å². The topological polar surface area (TPSA) is 25.8 Å². The number of para-hydroxylation sites is 1. The lowest BCUT2D eigenvalue weighted by molar-refractivity contribution is -0.717. The Bertz CT molecular complexity index is 354. The predicted octanol–water partition coefficient (Wildman–Crippen LogP) is 3.51. The van der Waals surface area contributed by atoms with Crippen LogP contribution in [0.5, 0.6) is 5.75 Å². The van der Waals surface area contributed by atoms with Gasteiger partial charge in [-0.25, -0.2) is 0 Å². The summed E-state index contributed by atoms with van der Waals surface area (Å²) in [6.45, 7) is 8.41. The third kappa shape index (κ3) is 5.94. The normalized spacial score (nSPS) is 11.6. The summed E-state index contributed by atoms with van der Waals surface area (Å²) < 4.78 is 5.62. The highest BCUT2D eigenvalue weighted by molar-refractivity contribution is 6.37. The van der Waals surface area contributed by atoms with Crippen LogP contribution in [0.3, 0.4) is 0 Å². The van der Waals surface area contributed by atoms with Gasteiger partial charge in [0.2, 0.25) is 0 Å². The molecule has 0 atom stereocenters. The van der Waals surface area contributed by atoms with Crippen LogP contribution in [-0.2, 0) is 0 Å². The van der Waals surface area contributed by atoms with E-state index in [1.807, 2.05) is 6.07 Å². The van der Waals surface area contributed by atoms with Gasteiger partial charge in [-0.05, 0) is 45.7 Å². The van der Waals surface area contributed by atoms with E-state index in [4.69, 9.17) is 27.9 Å². The van der Waals surface area contributed by atoms with Gasteiger partial charge in [-0.1, -0.05) is 29.3 Å². The van der Waals surface area contributed by atoms with Gasteiger partial charge in [0, 0.05) is 0 Å². The number of quaternary nitrogens is 1. The standard InChI is InChI=1S/C14H21Cl2NO/c1-14(2,3)17-9-4-5-10-18-13-11(15)7-6-8-12(13)16/h6-8,17H,4-5,9-10H2,1-3H3/p+1. The first-order valence-electron chi connectivity index (χ1n) is 6.31. The van der Waals surface area contributed by atoms with Crippen molar-refractivity contribution in [2.75, 3.05) is 13.2 Å². The van der Waals surface area contributed by atoms with Gasteiger partial charge >= 0.3 is 0 Å². The average molecular weight is 291 g/mol. The number of rotatable bonds is 6. The maximum absolute atomic E-state index is 6.01. The van der Waals surface area contributed by atoms with E-state index in [2.05, 4.69) is 26.1 Å². The molecule has 0 saturated heterocycles. The average Bonchev–Trinajstić information content (AvgIpc) is 2.25. The maximum Gasteiger partial charge on any atom is 0.156 e. The highest BCUT2D eigenvalue weighted by Gasteiger charge is 2.11. The lowest BCUT2D eigenvalue weighted by atomic mass is 10.1. The van der Waals surface area contributed by atoms with Crippen LogP contribution < -0.4 is 10.1 Å². The number of nitrogens with two attached hydrogens (primary N) is 1. The smallest absolute Gasteiger partial charge is 0.156 e. The highest BCUT2D eigenvalue weighted by Crippen LogP contribution is 2.32. The fourth-order valence-corrected chi connectivity index (χ4v) is 2.08. The van der Waals surface area contributed by atoms with E-state index in [0.29, 0.717) is 27.9 Å². The Morgan fingerprint density at radius 1 is 1.11 bits per heavy atom. The van der Waals surface area contributed by atoms with Gasteiger partial charge in [0.15, 0.2) is 5.75 Å². The van der Waals surface area contributed by atoms with Crippen LogP contribution in [-0.4, -0.2) is 18.7 Å². The number of hydrogen-bond acceptors (Lipinski definition) is 1. The number of hydrogen-bond donors (Lipinski definition) is 1. The van der Waals surface area contributed by atoms with Crippen molar-refractivity contribution in [2.45, 2.75) is 39.2 Å². The zero-order valence-corrected chi connectivity index (χ0v) is 12.8. The third-order valence-corrected chi connectivity index (χ3v) is 3.12. The van der Waals surface area contributed by atoms with Crippen molar-refractivity contribution < 1.29 is 10.1 Å². The molecule has 2 N–H and O–H groups in total. The molecule has 0 heterocycles. The molecule has 0 amide bonds. The van der Waals surface area contributed by atoms with E-state index >= 15 is 0 Å². The van der Waals surface area contributed by atoms with E-state index in [1.54, 1.807) is 12.1 Å². The van der Waals surface area contributed by atoms with Gasteiger partial charge in [-0.2, -0.15) is 0 Å². The van der Waals surface area contributed by atoms with Crippen molar-refractivity contribution in [2.24, 2.45) is 0 Å². The lowest BCUT2D eigenvalue weighted by Crippen LogP contribution is -2.94. The predicted molar refractivity (Wildman–Crippen MR) is 77.7 cm³/mol. The molecule has 0 spiro atoms. The summed E-state index contributed by atoms with van der Waals surface area (Å²) in [6, 6.07) is 5.39. The minimum absolute atomic E-state index is 0.299. The van der Waals surface area contributed by atoms with E-state index in [-0.39, 0.29) is 0 Å². The Morgan fingerprint density at radius 2 is 1.72 bits per heavy atom. The fourth-order valence-electron chi connectivity index (χ4n) is 1.58. The molecule has 0 saturated carbocycles. The Balaban J connectivity index is 2.22. The molecular weight excluding hydrogens is 269 g/mol. The minimum atomic E-state index is 0.299. The zero-order valence-electron chi connectivity index (χ0n) is 11.3. The molecular formula is C14H22Cl2NO+. The molecule has 102 valence electrons. The molecule has 1 rings (SSSR count). The minimum Gasteiger partial charge on any atom is -0.490 e. The molecule has 0 aromatic heterocycles. The Labute approximate surface area is 120 Å². The summed E-state index contributed by atoms with van der Waals surface area (Å²) in [5, 5.41) is 3.49. The first kappa shape index (κ1) is 15.6. The molecule has 0 bridgehead atoms. The van der Waals surface area contributed by atoms with Crippen molar-refractivity contribution in [3.63, 3.8) is 0 Å². The Hall–Kier alpha value is -0.440. The second-order valence-electron chi connectivity index (χ2n) is 5.47. The largest absolute Gasteiger partial charge is 0.490 e. The molecule has 0 aliphatic carbocycles. The van der Waals surface area contributed by atoms with E-state index < -0.39 is 0 Å². The Morgan fingerprint density at radius 3 is 2.28 bits per heavy atom. The summed E-state index contributed by atoms with van der Waals surface area (Å²) in [4.78, 5) is 0. The highest BCUT2D eigenvalue weighted by atomic mass is 35.5. The quantitative estimate of drug-likeness (QED) is 0.797. The molecule has 1 aromatic carbocycles. The SMILES string of the molecule is CC(C)(C)[NH2+]CCCCOc1c(Cl)cccc1Cl. The Kier molecular flexibility index (Phi) is 6.27. The first-order valence-corrected chi connectivity index (χ1v) is 7.07. The summed E-state index contributed by atoms with van der Waals surface area (Å²) in [6.07, 6.45) is 2.13. The number of unbranched alkanes of at least 4 members (excludes halogenated alkanes) is 1. The van der Waals surface area contributed by atoms with Crippen LogP contribution in [0.2, 0.25) is 10.0 Å². The lowest BCUT2D eigenvalue weighted by Gasteiger charge is -2.16. The number of ether oxygens (including phenoxy) is 1. The van der Waals surface area contributed by atoms with Crippen molar-refractivity contribution in [3.05, 3.63) is 28.2 Å². The second-order valence-corrected chi connectivity index (χ2v) is 6.28. The molecule has 4 heteroatoms. The summed E-state index contributed by atoms with van der Waals surface area (Å²) in [5.74, 6) is 0.598. The monoisotopic (exact) mass is 290 g/mol. The fraction of sp³-hybridized carbons (Fsp3) is 0.571. The van der Waals surface area contributed by atoms with Crippen LogP contribution in [0, 0.1) is 0 Å². The number of benzene rings is 1. The summed E-state index contributed by atoms with van der Waals surface area (Å²) in [5.41, 5.74) is 0.299. The van der Waals surface area contributed by atoms with Crippen LogP contribution in [0.15, 0.2) is 18.2 Å². The molecule has 18 heavy (non-hydrogen) atoms. The first-order chi connectivity index (χ1) is 8.40. The molecule has 0 aliphatic heterocycles. The summed E-state index contributed by atoms with van der Waals surface area (Å²) >= 11 is 12.0. The van der Waals surface area contributed by atoms with Crippen LogP contribution in [0.4, 0.5) is 0 Å². The molecule has 0 fully saturated rings. The van der Waals surface area contributed by atoms with Gasteiger partial charge in [0.05, 0.1) is 28.7 Å². The molecule has 0 radical (unpaired) electrons. The van der Waals surface area contributed by atoms with Crippen molar-refractivity contribution in [1.29, 1.82) is 0 Å². The summed E-state index contributed by atoms with van der Waals surface area (Å²) in [7, 11) is 0. The molecule has 2 nitrogen and oxygen atoms in total.